The Kier molecular flexibility index (Phi) is 7.57. The highest BCUT2D eigenvalue weighted by Crippen LogP contribution is 2.32. The second kappa shape index (κ2) is 11.0. The second-order valence-electron chi connectivity index (χ2n) is 9.29. The van der Waals surface area contributed by atoms with Crippen LogP contribution in [0, 0.1) is 0 Å². The summed E-state index contributed by atoms with van der Waals surface area (Å²) in [6.45, 7) is 5.79. The molecule has 3 amide bonds. The average molecular weight is 504 g/mol. The number of urea groups is 1. The van der Waals surface area contributed by atoms with Crippen LogP contribution in [0.25, 0.3) is 0 Å². The van der Waals surface area contributed by atoms with Crippen molar-refractivity contribution in [2.45, 2.75) is 26.4 Å². The molecule has 3 aromatic rings. The van der Waals surface area contributed by atoms with Crippen molar-refractivity contribution in [2.24, 2.45) is 0 Å². The van der Waals surface area contributed by atoms with E-state index in [1.165, 1.54) is 4.90 Å². The number of anilines is 4. The molecule has 10 nitrogen and oxygen atoms in total. The number of fused-ring (bicyclic) bond motifs is 1. The molecule has 0 radical (unpaired) electrons. The third-order valence-electron chi connectivity index (χ3n) is 5.17. The number of amides is 3. The molecule has 1 aliphatic rings. The minimum atomic E-state index is -0.616. The number of pyridine rings is 1. The molecule has 2 aromatic carbocycles. The third-order valence-corrected chi connectivity index (χ3v) is 5.17. The van der Waals surface area contributed by atoms with E-state index in [4.69, 9.17) is 9.47 Å². The Morgan fingerprint density at radius 1 is 0.973 bits per heavy atom. The Bertz CT molecular complexity index is 1270. The van der Waals surface area contributed by atoms with Crippen LogP contribution >= 0.6 is 0 Å². The minimum absolute atomic E-state index is 0.217. The molecule has 2 heterocycles. The molecule has 192 valence electrons. The van der Waals surface area contributed by atoms with Crippen LogP contribution in [0.2, 0.25) is 0 Å². The van der Waals surface area contributed by atoms with Crippen molar-refractivity contribution in [3.05, 3.63) is 72.3 Å². The number of nitrogens with zero attached hydrogens (tertiary/aromatic N) is 2. The Morgan fingerprint density at radius 2 is 1.70 bits per heavy atom. The van der Waals surface area contributed by atoms with Gasteiger partial charge in [-0.3, -0.25) is 14.5 Å². The Labute approximate surface area is 215 Å². The largest absolute Gasteiger partial charge is 0.488 e. The van der Waals surface area contributed by atoms with Crippen LogP contribution < -0.4 is 25.6 Å². The average Bonchev–Trinajstić information content (AvgIpc) is 2.87. The first-order chi connectivity index (χ1) is 17.7. The number of ether oxygens (including phenoxy) is 2. The third kappa shape index (κ3) is 6.97. The lowest BCUT2D eigenvalue weighted by molar-refractivity contribution is -0.153. The monoisotopic (exact) mass is 503 g/mol. The van der Waals surface area contributed by atoms with Crippen molar-refractivity contribution in [3.8, 4) is 5.75 Å². The van der Waals surface area contributed by atoms with E-state index >= 15 is 0 Å². The van der Waals surface area contributed by atoms with Crippen molar-refractivity contribution < 1.29 is 23.9 Å². The highest BCUT2D eigenvalue weighted by atomic mass is 16.6. The number of esters is 1. The van der Waals surface area contributed by atoms with Crippen LogP contribution in [0.5, 0.6) is 5.75 Å². The van der Waals surface area contributed by atoms with E-state index in [0.717, 1.165) is 0 Å². The molecule has 3 N–H and O–H groups in total. The summed E-state index contributed by atoms with van der Waals surface area (Å²) in [6.07, 6.45) is 0. The Hall–Kier alpha value is -4.60. The molecule has 0 saturated heterocycles. The maximum Gasteiger partial charge on any atom is 0.327 e. The fourth-order valence-corrected chi connectivity index (χ4v) is 3.56. The van der Waals surface area contributed by atoms with Gasteiger partial charge in [0.25, 0.3) is 5.91 Å². The molecule has 0 fully saturated rings. The van der Waals surface area contributed by atoms with Gasteiger partial charge in [-0.2, -0.15) is 0 Å². The summed E-state index contributed by atoms with van der Waals surface area (Å²) in [5.41, 5.74) is 1.15. The molecule has 0 saturated carbocycles. The predicted octanol–water partition coefficient (Wildman–Crippen LogP) is 4.33. The van der Waals surface area contributed by atoms with Crippen LogP contribution in [0.1, 0.15) is 31.1 Å². The highest BCUT2D eigenvalue weighted by Gasteiger charge is 2.26. The lowest BCUT2D eigenvalue weighted by Crippen LogP contribution is -2.41. The lowest BCUT2D eigenvalue weighted by Gasteiger charge is -2.28. The summed E-state index contributed by atoms with van der Waals surface area (Å²) in [5.74, 6) is 0.526. The fourth-order valence-electron chi connectivity index (χ4n) is 3.56. The topological polar surface area (TPSA) is 122 Å². The first-order valence-electron chi connectivity index (χ1n) is 11.8. The van der Waals surface area contributed by atoms with Crippen molar-refractivity contribution >= 4 is 40.9 Å². The van der Waals surface area contributed by atoms with Crippen molar-refractivity contribution in [1.29, 1.82) is 0 Å². The maximum atomic E-state index is 12.9. The van der Waals surface area contributed by atoms with E-state index in [2.05, 4.69) is 20.9 Å². The smallest absolute Gasteiger partial charge is 0.327 e. The lowest BCUT2D eigenvalue weighted by atomic mass is 10.2. The first-order valence-corrected chi connectivity index (χ1v) is 11.8. The molecular formula is C27H29N5O5. The summed E-state index contributed by atoms with van der Waals surface area (Å²) in [5, 5.41) is 8.60. The van der Waals surface area contributed by atoms with Gasteiger partial charge in [0.1, 0.15) is 24.6 Å². The van der Waals surface area contributed by atoms with E-state index < -0.39 is 11.6 Å². The van der Waals surface area contributed by atoms with Crippen LogP contribution in [-0.2, 0) is 9.53 Å². The molecule has 1 aliphatic heterocycles. The molecule has 0 spiro atoms. The van der Waals surface area contributed by atoms with E-state index in [-0.39, 0.29) is 18.5 Å². The normalized spacial score (nSPS) is 12.6. The van der Waals surface area contributed by atoms with Crippen LogP contribution in [0.15, 0.2) is 66.7 Å². The van der Waals surface area contributed by atoms with Gasteiger partial charge in [0, 0.05) is 16.9 Å². The van der Waals surface area contributed by atoms with Gasteiger partial charge in [0.05, 0.1) is 6.54 Å². The molecule has 37 heavy (non-hydrogen) atoms. The molecule has 10 heteroatoms. The molecule has 4 rings (SSSR count). The molecule has 0 atom stereocenters. The summed E-state index contributed by atoms with van der Waals surface area (Å²) in [7, 11) is 0. The second-order valence-corrected chi connectivity index (χ2v) is 9.29. The molecule has 0 unspecified atom stereocenters. The minimum Gasteiger partial charge on any atom is -0.488 e. The predicted molar refractivity (Wildman–Crippen MR) is 140 cm³/mol. The Balaban J connectivity index is 1.39. The summed E-state index contributed by atoms with van der Waals surface area (Å²) in [6, 6.07) is 19.1. The maximum absolute atomic E-state index is 12.9. The van der Waals surface area contributed by atoms with Gasteiger partial charge in [-0.15, -0.1) is 0 Å². The zero-order valence-corrected chi connectivity index (χ0v) is 20.9. The number of para-hydroxylation sites is 1. The van der Waals surface area contributed by atoms with Crippen LogP contribution in [-0.4, -0.2) is 48.2 Å². The number of hydrogen-bond acceptors (Lipinski definition) is 7. The number of rotatable bonds is 6. The quantitative estimate of drug-likeness (QED) is 0.428. The summed E-state index contributed by atoms with van der Waals surface area (Å²) < 4.78 is 10.9. The van der Waals surface area contributed by atoms with Crippen LogP contribution in [0.4, 0.5) is 27.8 Å². The van der Waals surface area contributed by atoms with Gasteiger partial charge in [0.2, 0.25) is 0 Å². The SMILES string of the molecule is CC(C)(C)OC(=O)CNC(=O)c1ccc(Nc2ccc3c(n2)N(C(=O)Nc2ccccc2)CCO3)cc1. The van der Waals surface area contributed by atoms with E-state index in [0.29, 0.717) is 47.5 Å². The molecule has 0 bridgehead atoms. The standard InChI is InChI=1S/C27H29N5O5/c1-27(2,3)37-23(33)17-28-25(34)18-9-11-20(12-10-18)29-22-14-13-21-24(31-22)32(15-16-36-21)26(35)30-19-7-5-4-6-8-19/h4-14H,15-17H2,1-3H3,(H,28,34)(H,29,31)(H,30,35). The zero-order chi connectivity index (χ0) is 26.4. The number of hydrogen-bond donors (Lipinski definition) is 3. The zero-order valence-electron chi connectivity index (χ0n) is 20.9. The van der Waals surface area contributed by atoms with Crippen molar-refractivity contribution in [1.82, 2.24) is 10.3 Å². The highest BCUT2D eigenvalue weighted by molar-refractivity contribution is 6.02. The fraction of sp³-hybridized carbons (Fsp3) is 0.259. The van der Waals surface area contributed by atoms with Gasteiger partial charge < -0.3 is 25.4 Å². The van der Waals surface area contributed by atoms with Gasteiger partial charge in [-0.25, -0.2) is 9.78 Å². The van der Waals surface area contributed by atoms with E-state index in [1.54, 1.807) is 57.2 Å². The van der Waals surface area contributed by atoms with Gasteiger partial charge >= 0.3 is 12.0 Å². The van der Waals surface area contributed by atoms with Crippen molar-refractivity contribution in [2.75, 3.05) is 35.2 Å². The summed E-state index contributed by atoms with van der Waals surface area (Å²) in [4.78, 5) is 43.2. The number of carbonyl (C=O) groups is 3. The first kappa shape index (κ1) is 25.5. The number of nitrogens with one attached hydrogen (secondary N) is 3. The van der Waals surface area contributed by atoms with Crippen molar-refractivity contribution in [3.63, 3.8) is 0 Å². The van der Waals surface area contributed by atoms with Gasteiger partial charge in [-0.05, 0) is 69.3 Å². The van der Waals surface area contributed by atoms with Crippen LogP contribution in [0.3, 0.4) is 0 Å². The number of benzene rings is 2. The molecular weight excluding hydrogens is 474 g/mol. The molecule has 0 aliphatic carbocycles. The van der Waals surface area contributed by atoms with E-state index in [1.807, 2.05) is 30.3 Å². The number of carbonyl (C=O) groups excluding carboxylic acids is 3. The molecule has 1 aromatic heterocycles. The van der Waals surface area contributed by atoms with E-state index in [9.17, 15) is 14.4 Å². The Morgan fingerprint density at radius 3 is 2.41 bits per heavy atom. The van der Waals surface area contributed by atoms with Gasteiger partial charge in [-0.1, -0.05) is 18.2 Å². The summed E-state index contributed by atoms with van der Waals surface area (Å²) >= 11 is 0. The van der Waals surface area contributed by atoms with Gasteiger partial charge in [0.15, 0.2) is 11.6 Å². The number of aromatic nitrogens is 1.